The zero-order chi connectivity index (χ0) is 11.4. The molecule has 2 unspecified atom stereocenters. The summed E-state index contributed by atoms with van der Waals surface area (Å²) in [4.78, 5) is 2.34. The summed E-state index contributed by atoms with van der Waals surface area (Å²) in [6, 6.07) is 5.31. The summed E-state index contributed by atoms with van der Waals surface area (Å²) in [5.41, 5.74) is 0.812. The third kappa shape index (κ3) is 1.33. The van der Waals surface area contributed by atoms with E-state index in [9.17, 15) is 0 Å². The first kappa shape index (κ1) is 9.35. The molecule has 2 aromatic heterocycles. The van der Waals surface area contributed by atoms with Crippen LogP contribution in [0.5, 0.6) is 0 Å². The Morgan fingerprint density at radius 2 is 2.00 bits per heavy atom. The molecule has 0 aromatic carbocycles. The molecule has 0 saturated carbocycles. The van der Waals surface area contributed by atoms with Gasteiger partial charge in [0.2, 0.25) is 0 Å². The Labute approximate surface area is 98.6 Å². The lowest BCUT2D eigenvalue weighted by molar-refractivity contribution is 0.225. The SMILES string of the molecule is Cc1nnc2ccc(N3CC4CC(C3)N4)nn12. The monoisotopic (exact) mass is 230 g/mol. The number of hydrogen-bond acceptors (Lipinski definition) is 5. The molecule has 6 heteroatoms. The second-order valence-corrected chi connectivity index (χ2v) is 4.91. The largest absolute Gasteiger partial charge is 0.352 e. The zero-order valence-electron chi connectivity index (χ0n) is 9.67. The Bertz CT molecular complexity index is 560. The maximum absolute atomic E-state index is 4.60. The van der Waals surface area contributed by atoms with Crippen molar-refractivity contribution in [2.24, 2.45) is 0 Å². The number of nitrogens with one attached hydrogen (secondary N) is 1. The number of nitrogens with zero attached hydrogens (tertiary/aromatic N) is 5. The van der Waals surface area contributed by atoms with Crippen LogP contribution in [0.25, 0.3) is 5.65 Å². The van der Waals surface area contributed by atoms with Crippen LogP contribution in [0.2, 0.25) is 0 Å². The van der Waals surface area contributed by atoms with E-state index >= 15 is 0 Å². The number of anilines is 1. The van der Waals surface area contributed by atoms with Crippen molar-refractivity contribution >= 4 is 11.5 Å². The minimum Gasteiger partial charge on any atom is -0.352 e. The summed E-state index contributed by atoms with van der Waals surface area (Å²) >= 11 is 0. The number of fused-ring (bicyclic) bond motifs is 3. The Balaban J connectivity index is 1.72. The van der Waals surface area contributed by atoms with Crippen LogP contribution in [0.3, 0.4) is 0 Å². The quantitative estimate of drug-likeness (QED) is 0.746. The van der Waals surface area contributed by atoms with Crippen molar-refractivity contribution in [3.05, 3.63) is 18.0 Å². The van der Waals surface area contributed by atoms with Gasteiger partial charge in [-0.1, -0.05) is 0 Å². The van der Waals surface area contributed by atoms with Gasteiger partial charge in [-0.15, -0.1) is 15.3 Å². The molecule has 1 N–H and O–H groups in total. The molecule has 5 rings (SSSR count). The normalized spacial score (nSPS) is 27.2. The number of piperazine rings is 1. The van der Waals surface area contributed by atoms with Crippen LogP contribution in [-0.2, 0) is 0 Å². The highest BCUT2D eigenvalue weighted by Crippen LogP contribution is 2.24. The third-order valence-electron chi connectivity index (χ3n) is 3.65. The first-order valence-electron chi connectivity index (χ1n) is 6.00. The summed E-state index contributed by atoms with van der Waals surface area (Å²) in [7, 11) is 0. The van der Waals surface area contributed by atoms with Gasteiger partial charge in [-0.3, -0.25) is 0 Å². The lowest BCUT2D eigenvalue weighted by Gasteiger charge is -2.48. The molecule has 17 heavy (non-hydrogen) atoms. The molecule has 2 bridgehead atoms. The fourth-order valence-corrected chi connectivity index (χ4v) is 2.76. The van der Waals surface area contributed by atoms with Gasteiger partial charge in [-0.2, -0.15) is 4.52 Å². The van der Waals surface area contributed by atoms with Crippen LogP contribution in [0.15, 0.2) is 12.1 Å². The molecule has 0 amide bonds. The second-order valence-electron chi connectivity index (χ2n) is 4.91. The predicted molar refractivity (Wildman–Crippen MR) is 63.1 cm³/mol. The van der Waals surface area contributed by atoms with Gasteiger partial charge >= 0.3 is 0 Å². The van der Waals surface area contributed by atoms with E-state index < -0.39 is 0 Å². The molecule has 6 nitrogen and oxygen atoms in total. The predicted octanol–water partition coefficient (Wildman–Crippen LogP) is -0.0168. The highest BCUT2D eigenvalue weighted by Gasteiger charge is 2.36. The van der Waals surface area contributed by atoms with Gasteiger partial charge in [-0.05, 0) is 25.5 Å². The van der Waals surface area contributed by atoms with Crippen molar-refractivity contribution in [2.45, 2.75) is 25.4 Å². The molecule has 2 aromatic rings. The number of piperidine rings is 1. The van der Waals surface area contributed by atoms with Crippen LogP contribution >= 0.6 is 0 Å². The van der Waals surface area contributed by atoms with E-state index in [2.05, 4.69) is 25.5 Å². The van der Waals surface area contributed by atoms with E-state index in [1.165, 1.54) is 6.42 Å². The summed E-state index contributed by atoms with van der Waals surface area (Å²) in [5.74, 6) is 1.86. The maximum atomic E-state index is 4.60. The fourth-order valence-electron chi connectivity index (χ4n) is 2.76. The summed E-state index contributed by atoms with van der Waals surface area (Å²) < 4.78 is 1.81. The van der Waals surface area contributed by atoms with Crippen LogP contribution in [-0.4, -0.2) is 45.0 Å². The third-order valence-corrected chi connectivity index (χ3v) is 3.65. The van der Waals surface area contributed by atoms with Crippen molar-refractivity contribution in [1.29, 1.82) is 0 Å². The molecule has 3 aliphatic heterocycles. The lowest BCUT2D eigenvalue weighted by atomic mass is 9.91. The minimum atomic E-state index is 0.647. The number of hydrogen-bond donors (Lipinski definition) is 1. The number of aryl methyl sites for hydroxylation is 1. The Hall–Kier alpha value is -1.69. The van der Waals surface area contributed by atoms with Crippen molar-refractivity contribution < 1.29 is 0 Å². The summed E-state index contributed by atoms with van der Waals surface area (Å²) in [5, 5.41) is 16.2. The molecular weight excluding hydrogens is 216 g/mol. The molecule has 0 radical (unpaired) electrons. The molecular formula is C11H14N6. The average Bonchev–Trinajstić information content (AvgIpc) is 2.70. The molecule has 0 aliphatic carbocycles. The maximum Gasteiger partial charge on any atom is 0.178 e. The van der Waals surface area contributed by atoms with Crippen LogP contribution < -0.4 is 10.2 Å². The molecule has 3 aliphatic rings. The molecule has 88 valence electrons. The van der Waals surface area contributed by atoms with Crippen molar-refractivity contribution in [2.75, 3.05) is 18.0 Å². The first-order chi connectivity index (χ1) is 8.29. The van der Waals surface area contributed by atoms with E-state index in [0.717, 1.165) is 30.4 Å². The first-order valence-corrected chi connectivity index (χ1v) is 6.00. The molecule has 3 fully saturated rings. The second kappa shape index (κ2) is 3.16. The molecule has 0 spiro atoms. The van der Waals surface area contributed by atoms with Gasteiger partial charge in [0.25, 0.3) is 0 Å². The van der Waals surface area contributed by atoms with Gasteiger partial charge < -0.3 is 10.2 Å². The Morgan fingerprint density at radius 1 is 1.24 bits per heavy atom. The van der Waals surface area contributed by atoms with Crippen LogP contribution in [0.1, 0.15) is 12.2 Å². The van der Waals surface area contributed by atoms with E-state index in [1.54, 1.807) is 0 Å². The Kier molecular flexibility index (Phi) is 1.74. The zero-order valence-corrected chi connectivity index (χ0v) is 9.67. The fraction of sp³-hybridized carbons (Fsp3) is 0.545. The highest BCUT2D eigenvalue weighted by atomic mass is 15.4. The van der Waals surface area contributed by atoms with Crippen LogP contribution in [0, 0.1) is 6.92 Å². The smallest absolute Gasteiger partial charge is 0.178 e. The number of rotatable bonds is 1. The van der Waals surface area contributed by atoms with Gasteiger partial charge in [0.05, 0.1) is 0 Å². The van der Waals surface area contributed by atoms with E-state index in [4.69, 9.17) is 0 Å². The van der Waals surface area contributed by atoms with Crippen molar-refractivity contribution in [1.82, 2.24) is 25.1 Å². The van der Waals surface area contributed by atoms with Gasteiger partial charge in [0, 0.05) is 25.2 Å². The topological polar surface area (TPSA) is 58.4 Å². The highest BCUT2D eigenvalue weighted by molar-refractivity contribution is 5.47. The summed E-state index contributed by atoms with van der Waals surface area (Å²) in [6.07, 6.45) is 1.31. The van der Waals surface area contributed by atoms with E-state index in [-0.39, 0.29) is 0 Å². The van der Waals surface area contributed by atoms with Gasteiger partial charge in [-0.25, -0.2) is 0 Å². The van der Waals surface area contributed by atoms with Crippen LogP contribution in [0.4, 0.5) is 5.82 Å². The van der Waals surface area contributed by atoms with Gasteiger partial charge in [0.1, 0.15) is 5.82 Å². The summed E-state index contributed by atoms with van der Waals surface area (Å²) in [6.45, 7) is 4.03. The minimum absolute atomic E-state index is 0.647. The Morgan fingerprint density at radius 3 is 2.76 bits per heavy atom. The molecule has 5 heterocycles. The van der Waals surface area contributed by atoms with Crippen molar-refractivity contribution in [3.63, 3.8) is 0 Å². The van der Waals surface area contributed by atoms with E-state index in [1.807, 2.05) is 23.6 Å². The van der Waals surface area contributed by atoms with Crippen molar-refractivity contribution in [3.8, 4) is 0 Å². The average molecular weight is 230 g/mol. The lowest BCUT2D eigenvalue weighted by Crippen LogP contribution is -2.67. The van der Waals surface area contributed by atoms with Gasteiger partial charge in [0.15, 0.2) is 11.5 Å². The van der Waals surface area contributed by atoms with E-state index in [0.29, 0.717) is 12.1 Å². The molecule has 3 saturated heterocycles. The molecule has 2 atom stereocenters. The number of aromatic nitrogens is 4. The standard InChI is InChI=1S/C11H14N6/c1-7-13-14-10-2-3-11(15-17(7)10)16-5-8-4-9(6-16)12-8/h2-3,8-9,12H,4-6H2,1H3.